The molecule has 0 unspecified atom stereocenters. The van der Waals surface area contributed by atoms with Crippen LogP contribution in [0.4, 0.5) is 0 Å². The van der Waals surface area contributed by atoms with E-state index in [1.807, 2.05) is 37.3 Å². The fourth-order valence-corrected chi connectivity index (χ4v) is 4.13. The Labute approximate surface area is 148 Å². The molecule has 5 nitrogen and oxygen atoms in total. The maximum absolute atomic E-state index is 12.4. The third-order valence-electron chi connectivity index (χ3n) is 3.46. The van der Waals surface area contributed by atoms with Gasteiger partial charge >= 0.3 is 0 Å². The van der Waals surface area contributed by atoms with Crippen LogP contribution < -0.4 is 10.5 Å². The number of rotatable bonds is 6. The van der Waals surface area contributed by atoms with Crippen molar-refractivity contribution >= 4 is 39.8 Å². The van der Waals surface area contributed by atoms with Crippen molar-refractivity contribution in [1.82, 2.24) is 9.97 Å². The lowest BCUT2D eigenvalue weighted by atomic mass is 10.2. The van der Waals surface area contributed by atoms with Gasteiger partial charge in [0.2, 0.25) is 0 Å². The number of aromatic nitrogens is 2. The third-order valence-corrected chi connectivity index (χ3v) is 5.60. The second-order valence-electron chi connectivity index (χ2n) is 5.14. The first kappa shape index (κ1) is 16.9. The average Bonchev–Trinajstić information content (AvgIpc) is 3.07. The summed E-state index contributed by atoms with van der Waals surface area (Å²) < 4.78 is 5.24. The number of nitrogens with zero attached hydrogens (tertiary/aromatic N) is 2. The van der Waals surface area contributed by atoms with Crippen LogP contribution >= 0.6 is 23.1 Å². The number of ketones is 1. The van der Waals surface area contributed by atoms with Crippen molar-refractivity contribution in [3.8, 4) is 5.75 Å². The standard InChI is InChI=1S/C17H17N3O2S2/c1-10-19-14-7-11(22-2)3-5-13(14)17(20-10)23-9-15(21)16-6-4-12(8-18)24-16/h3-7H,8-9,18H2,1-2H3. The summed E-state index contributed by atoms with van der Waals surface area (Å²) in [7, 11) is 1.63. The molecule has 0 amide bonds. The Kier molecular flexibility index (Phi) is 5.13. The number of aryl methyl sites for hydroxylation is 1. The van der Waals surface area contributed by atoms with Crippen LogP contribution in [0.25, 0.3) is 10.9 Å². The molecule has 0 aliphatic heterocycles. The highest BCUT2D eigenvalue weighted by Crippen LogP contribution is 2.29. The van der Waals surface area contributed by atoms with Gasteiger partial charge in [-0.3, -0.25) is 4.79 Å². The normalized spacial score (nSPS) is 11.0. The van der Waals surface area contributed by atoms with Crippen LogP contribution in [0.1, 0.15) is 20.4 Å². The summed E-state index contributed by atoms with van der Waals surface area (Å²) in [6.45, 7) is 2.31. The maximum Gasteiger partial charge on any atom is 0.183 e. The molecule has 0 saturated heterocycles. The molecule has 24 heavy (non-hydrogen) atoms. The topological polar surface area (TPSA) is 78.1 Å². The molecule has 0 aliphatic carbocycles. The Morgan fingerprint density at radius 1 is 1.29 bits per heavy atom. The lowest BCUT2D eigenvalue weighted by molar-refractivity contribution is 0.102. The SMILES string of the molecule is COc1ccc2c(SCC(=O)c3ccc(CN)s3)nc(C)nc2c1. The molecular formula is C17H17N3O2S2. The monoisotopic (exact) mass is 359 g/mol. The van der Waals surface area contributed by atoms with Crippen LogP contribution in [0.5, 0.6) is 5.75 Å². The van der Waals surface area contributed by atoms with E-state index in [0.717, 1.165) is 31.4 Å². The minimum atomic E-state index is 0.0858. The number of nitrogens with two attached hydrogens (primary N) is 1. The molecule has 0 bridgehead atoms. The Hall–Kier alpha value is -1.96. The van der Waals surface area contributed by atoms with Crippen molar-refractivity contribution in [2.24, 2.45) is 5.73 Å². The summed E-state index contributed by atoms with van der Waals surface area (Å²) in [5.41, 5.74) is 6.42. The van der Waals surface area contributed by atoms with Crippen molar-refractivity contribution in [3.05, 3.63) is 45.9 Å². The Balaban J connectivity index is 1.83. The summed E-state index contributed by atoms with van der Waals surface area (Å²) in [5.74, 6) is 1.85. The zero-order valence-corrected chi connectivity index (χ0v) is 15.0. The van der Waals surface area contributed by atoms with E-state index in [1.54, 1.807) is 7.11 Å². The highest BCUT2D eigenvalue weighted by molar-refractivity contribution is 8.00. The molecule has 0 saturated carbocycles. The second-order valence-corrected chi connectivity index (χ2v) is 7.27. The van der Waals surface area contributed by atoms with Crippen LogP contribution in [0.2, 0.25) is 0 Å². The van der Waals surface area contributed by atoms with E-state index in [-0.39, 0.29) is 5.78 Å². The van der Waals surface area contributed by atoms with Crippen LogP contribution in [0.15, 0.2) is 35.4 Å². The van der Waals surface area contributed by atoms with Crippen molar-refractivity contribution in [2.75, 3.05) is 12.9 Å². The molecule has 3 aromatic rings. The second kappa shape index (κ2) is 7.29. The maximum atomic E-state index is 12.4. The van der Waals surface area contributed by atoms with Crippen LogP contribution in [0.3, 0.4) is 0 Å². The van der Waals surface area contributed by atoms with Gasteiger partial charge in [-0.05, 0) is 31.2 Å². The molecular weight excluding hydrogens is 342 g/mol. The van der Waals surface area contributed by atoms with Crippen LogP contribution in [-0.4, -0.2) is 28.6 Å². The fourth-order valence-electron chi connectivity index (χ4n) is 2.27. The summed E-state index contributed by atoms with van der Waals surface area (Å²) in [4.78, 5) is 23.0. The zero-order valence-electron chi connectivity index (χ0n) is 13.4. The largest absolute Gasteiger partial charge is 0.497 e. The number of Topliss-reactive ketones (excluding diaryl/α,β-unsaturated/α-hetero) is 1. The van der Waals surface area contributed by atoms with Crippen LogP contribution in [0, 0.1) is 6.92 Å². The molecule has 0 spiro atoms. The highest BCUT2D eigenvalue weighted by atomic mass is 32.2. The van der Waals surface area contributed by atoms with Gasteiger partial charge in [-0.1, -0.05) is 11.8 Å². The molecule has 2 heterocycles. The number of fused-ring (bicyclic) bond motifs is 1. The number of hydrogen-bond donors (Lipinski definition) is 1. The van der Waals surface area contributed by atoms with Gasteiger partial charge in [0.15, 0.2) is 5.78 Å². The van der Waals surface area contributed by atoms with Gasteiger partial charge in [-0.2, -0.15) is 0 Å². The molecule has 0 fully saturated rings. The molecule has 2 N–H and O–H groups in total. The number of ether oxygens (including phenoxy) is 1. The van der Waals surface area contributed by atoms with Gasteiger partial charge in [0, 0.05) is 22.9 Å². The fraction of sp³-hybridized carbons (Fsp3) is 0.235. The number of hydrogen-bond acceptors (Lipinski definition) is 7. The highest BCUT2D eigenvalue weighted by Gasteiger charge is 2.13. The van der Waals surface area contributed by atoms with E-state index in [0.29, 0.717) is 18.1 Å². The van der Waals surface area contributed by atoms with E-state index in [1.165, 1.54) is 23.1 Å². The van der Waals surface area contributed by atoms with Gasteiger partial charge in [-0.25, -0.2) is 9.97 Å². The minimum absolute atomic E-state index is 0.0858. The van der Waals surface area contributed by atoms with Gasteiger partial charge in [0.25, 0.3) is 0 Å². The van der Waals surface area contributed by atoms with Gasteiger partial charge in [0.1, 0.15) is 16.6 Å². The number of benzene rings is 1. The van der Waals surface area contributed by atoms with E-state index in [9.17, 15) is 4.79 Å². The predicted molar refractivity (Wildman–Crippen MR) is 98.1 cm³/mol. The zero-order chi connectivity index (χ0) is 17.1. The molecule has 3 rings (SSSR count). The summed E-state index contributed by atoms with van der Waals surface area (Å²) in [6.07, 6.45) is 0. The number of thioether (sulfide) groups is 1. The van der Waals surface area contributed by atoms with E-state index in [4.69, 9.17) is 10.5 Å². The first-order valence-electron chi connectivity index (χ1n) is 7.38. The third kappa shape index (κ3) is 3.58. The number of carbonyl (C=O) groups is 1. The van der Waals surface area contributed by atoms with Crippen molar-refractivity contribution in [1.29, 1.82) is 0 Å². The molecule has 124 valence electrons. The number of carbonyl (C=O) groups excluding carboxylic acids is 1. The quantitative estimate of drug-likeness (QED) is 0.413. The Bertz CT molecular complexity index is 893. The molecule has 0 radical (unpaired) electrons. The van der Waals surface area contributed by atoms with Gasteiger partial charge in [0.05, 0.1) is 23.3 Å². The van der Waals surface area contributed by atoms with Crippen molar-refractivity contribution in [2.45, 2.75) is 18.5 Å². The summed E-state index contributed by atoms with van der Waals surface area (Å²) in [5, 5.41) is 1.73. The number of methoxy groups -OCH3 is 1. The summed E-state index contributed by atoms with van der Waals surface area (Å²) in [6, 6.07) is 9.42. The summed E-state index contributed by atoms with van der Waals surface area (Å²) >= 11 is 2.88. The van der Waals surface area contributed by atoms with Crippen LogP contribution in [-0.2, 0) is 6.54 Å². The molecule has 0 atom stereocenters. The first-order chi connectivity index (χ1) is 11.6. The molecule has 1 aromatic carbocycles. The minimum Gasteiger partial charge on any atom is -0.497 e. The lowest BCUT2D eigenvalue weighted by Crippen LogP contribution is -2.01. The molecule has 0 aliphatic rings. The van der Waals surface area contributed by atoms with Crippen molar-refractivity contribution < 1.29 is 9.53 Å². The lowest BCUT2D eigenvalue weighted by Gasteiger charge is -2.07. The predicted octanol–water partition coefficient (Wildman–Crippen LogP) is 3.44. The molecule has 2 aromatic heterocycles. The molecule has 7 heteroatoms. The average molecular weight is 359 g/mol. The van der Waals surface area contributed by atoms with Gasteiger partial charge < -0.3 is 10.5 Å². The Morgan fingerprint density at radius 2 is 2.12 bits per heavy atom. The van der Waals surface area contributed by atoms with Crippen molar-refractivity contribution in [3.63, 3.8) is 0 Å². The first-order valence-corrected chi connectivity index (χ1v) is 9.18. The number of thiophene rings is 1. The van der Waals surface area contributed by atoms with E-state index in [2.05, 4.69) is 9.97 Å². The van der Waals surface area contributed by atoms with E-state index < -0.39 is 0 Å². The van der Waals surface area contributed by atoms with Gasteiger partial charge in [-0.15, -0.1) is 11.3 Å². The Morgan fingerprint density at radius 3 is 2.83 bits per heavy atom. The van der Waals surface area contributed by atoms with E-state index >= 15 is 0 Å². The smallest absolute Gasteiger partial charge is 0.183 e.